The van der Waals surface area contributed by atoms with E-state index in [4.69, 9.17) is 0 Å². The van der Waals surface area contributed by atoms with Gasteiger partial charge >= 0.3 is 12.2 Å². The summed E-state index contributed by atoms with van der Waals surface area (Å²) in [5, 5.41) is 7.82. The first-order valence-corrected chi connectivity index (χ1v) is 8.03. The minimum Gasteiger partial charge on any atom is -0.329 e. The Morgan fingerprint density at radius 2 is 1.88 bits per heavy atom. The Kier molecular flexibility index (Phi) is 5.50. The Bertz CT molecular complexity index is 820. The summed E-state index contributed by atoms with van der Waals surface area (Å²) >= 11 is 0.943. The van der Waals surface area contributed by atoms with Gasteiger partial charge in [-0.25, -0.2) is 14.3 Å². The van der Waals surface area contributed by atoms with Gasteiger partial charge in [0.2, 0.25) is 11.1 Å². The summed E-state index contributed by atoms with van der Waals surface area (Å²) in [5.74, 6) is -0.611. The Balaban J connectivity index is 1.93. The van der Waals surface area contributed by atoms with E-state index in [2.05, 4.69) is 15.1 Å². The average Bonchev–Trinajstić information content (AvgIpc) is 2.91. The van der Waals surface area contributed by atoms with Crippen molar-refractivity contribution in [2.24, 2.45) is 0 Å². The highest BCUT2D eigenvalue weighted by atomic mass is 32.2. The molecule has 0 aliphatic carbocycles. The van der Waals surface area contributed by atoms with E-state index < -0.39 is 24.7 Å². The van der Waals surface area contributed by atoms with E-state index >= 15 is 0 Å². The first-order chi connectivity index (χ1) is 11.6. The molecule has 12 heteroatoms. The maximum Gasteiger partial charge on any atom is 0.405 e. The highest BCUT2D eigenvalue weighted by Crippen LogP contribution is 2.17. The molecule has 0 bridgehead atoms. The Morgan fingerprint density at radius 1 is 1.20 bits per heavy atom. The molecule has 0 fully saturated rings. The third kappa shape index (κ3) is 5.05. The van der Waals surface area contributed by atoms with Crippen molar-refractivity contribution in [3.05, 3.63) is 17.0 Å². The molecule has 2 heterocycles. The summed E-state index contributed by atoms with van der Waals surface area (Å²) in [5.41, 5.74) is 2.64. The van der Waals surface area contributed by atoms with Crippen LogP contribution in [-0.4, -0.2) is 50.0 Å². The molecule has 0 aliphatic rings. The number of fused-ring (bicyclic) bond motifs is 1. The lowest BCUT2D eigenvalue weighted by Crippen LogP contribution is -2.43. The maximum absolute atomic E-state index is 12.0. The van der Waals surface area contributed by atoms with Crippen LogP contribution in [0.5, 0.6) is 0 Å². The Labute approximate surface area is 144 Å². The van der Waals surface area contributed by atoms with Crippen LogP contribution in [0.2, 0.25) is 0 Å². The van der Waals surface area contributed by atoms with Crippen LogP contribution in [0.4, 0.5) is 18.0 Å². The summed E-state index contributed by atoms with van der Waals surface area (Å²) < 4.78 is 37.4. The molecular formula is C13H15F3N6O2S. The number of aryl methyl sites for hydroxylation is 2. The number of hydrogen-bond acceptors (Lipinski definition) is 6. The van der Waals surface area contributed by atoms with Gasteiger partial charge in [-0.15, -0.1) is 5.10 Å². The molecule has 25 heavy (non-hydrogen) atoms. The number of carbonyl (C=O) groups excluding carboxylic acids is 2. The monoisotopic (exact) mass is 376 g/mol. The number of halogens is 3. The van der Waals surface area contributed by atoms with E-state index in [0.29, 0.717) is 5.78 Å². The van der Waals surface area contributed by atoms with Crippen molar-refractivity contribution in [2.75, 3.05) is 12.3 Å². The van der Waals surface area contributed by atoms with Crippen molar-refractivity contribution < 1.29 is 22.8 Å². The molecule has 0 aliphatic heterocycles. The van der Waals surface area contributed by atoms with Crippen LogP contribution in [-0.2, 0) is 4.79 Å². The SMILES string of the molecule is Cc1nc2nc(SCC(=O)NC(=O)NCC(F)(F)F)nn2c(C)c1C. The van der Waals surface area contributed by atoms with Gasteiger partial charge in [0, 0.05) is 11.4 Å². The third-order valence-electron chi connectivity index (χ3n) is 3.28. The van der Waals surface area contributed by atoms with Crippen LogP contribution in [0.3, 0.4) is 0 Å². The second kappa shape index (κ2) is 7.25. The lowest BCUT2D eigenvalue weighted by Gasteiger charge is -2.08. The molecule has 0 saturated heterocycles. The fourth-order valence-electron chi connectivity index (χ4n) is 1.82. The van der Waals surface area contributed by atoms with Gasteiger partial charge in [0.25, 0.3) is 5.78 Å². The standard InChI is InChI=1S/C13H15F3N6O2S/c1-6-7(2)18-10-20-12(21-22(10)8(6)3)25-4-9(23)19-11(24)17-5-13(14,15)16/h4-5H2,1-3H3,(H2,17,19,23,24). The van der Waals surface area contributed by atoms with Crippen molar-refractivity contribution >= 4 is 29.5 Å². The largest absolute Gasteiger partial charge is 0.405 e. The molecule has 8 nitrogen and oxygen atoms in total. The zero-order valence-corrected chi connectivity index (χ0v) is 14.4. The molecule has 0 radical (unpaired) electrons. The molecule has 3 amide bonds. The highest BCUT2D eigenvalue weighted by molar-refractivity contribution is 7.99. The average molecular weight is 376 g/mol. The molecule has 136 valence electrons. The number of hydrogen-bond donors (Lipinski definition) is 2. The number of imide groups is 1. The zero-order chi connectivity index (χ0) is 18.8. The van der Waals surface area contributed by atoms with Gasteiger partial charge in [0.1, 0.15) is 6.54 Å². The van der Waals surface area contributed by atoms with Gasteiger partial charge < -0.3 is 5.32 Å². The van der Waals surface area contributed by atoms with E-state index in [0.717, 1.165) is 28.7 Å². The van der Waals surface area contributed by atoms with Gasteiger partial charge in [-0.05, 0) is 26.3 Å². The second-order valence-corrected chi connectivity index (χ2v) is 6.09. The lowest BCUT2D eigenvalue weighted by molar-refractivity contribution is -0.124. The second-order valence-electron chi connectivity index (χ2n) is 5.15. The highest BCUT2D eigenvalue weighted by Gasteiger charge is 2.28. The predicted molar refractivity (Wildman–Crippen MR) is 83.3 cm³/mol. The van der Waals surface area contributed by atoms with E-state index in [1.54, 1.807) is 15.1 Å². The van der Waals surface area contributed by atoms with Gasteiger partial charge in [-0.2, -0.15) is 18.2 Å². The van der Waals surface area contributed by atoms with E-state index in [1.807, 2.05) is 20.8 Å². The van der Waals surface area contributed by atoms with Crippen LogP contribution in [0.25, 0.3) is 5.78 Å². The minimum atomic E-state index is -4.54. The molecule has 0 atom stereocenters. The van der Waals surface area contributed by atoms with E-state index in [-0.39, 0.29) is 10.9 Å². The number of thioether (sulfide) groups is 1. The smallest absolute Gasteiger partial charge is 0.329 e. The first-order valence-electron chi connectivity index (χ1n) is 7.04. The van der Waals surface area contributed by atoms with Crippen LogP contribution in [0.15, 0.2) is 5.16 Å². The molecule has 2 N–H and O–H groups in total. The quantitative estimate of drug-likeness (QED) is 0.785. The topological polar surface area (TPSA) is 101 Å². The molecule has 0 aromatic carbocycles. The summed E-state index contributed by atoms with van der Waals surface area (Å²) in [4.78, 5) is 31.2. The molecule has 0 unspecified atom stereocenters. The van der Waals surface area contributed by atoms with Crippen LogP contribution < -0.4 is 10.6 Å². The Hall–Kier alpha value is -2.37. The van der Waals surface area contributed by atoms with Crippen molar-refractivity contribution in [3.8, 4) is 0 Å². The number of nitrogens with one attached hydrogen (secondary N) is 2. The normalized spacial score (nSPS) is 11.6. The Morgan fingerprint density at radius 3 is 2.52 bits per heavy atom. The van der Waals surface area contributed by atoms with E-state index in [1.165, 1.54) is 0 Å². The predicted octanol–water partition coefficient (Wildman–Crippen LogP) is 1.53. The lowest BCUT2D eigenvalue weighted by atomic mass is 10.2. The molecule has 2 aromatic heterocycles. The van der Waals surface area contributed by atoms with Crippen molar-refractivity contribution in [3.63, 3.8) is 0 Å². The van der Waals surface area contributed by atoms with Crippen molar-refractivity contribution in [2.45, 2.75) is 32.1 Å². The molecular weight excluding hydrogens is 361 g/mol. The van der Waals surface area contributed by atoms with Gasteiger partial charge in [-0.3, -0.25) is 10.1 Å². The zero-order valence-electron chi connectivity index (χ0n) is 13.6. The van der Waals surface area contributed by atoms with Crippen molar-refractivity contribution in [1.29, 1.82) is 0 Å². The summed E-state index contributed by atoms with van der Waals surface area (Å²) in [6.07, 6.45) is -4.54. The van der Waals surface area contributed by atoms with Gasteiger partial charge in [-0.1, -0.05) is 11.8 Å². The fourth-order valence-corrected chi connectivity index (χ4v) is 2.43. The molecule has 2 rings (SSSR count). The summed E-state index contributed by atoms with van der Waals surface area (Å²) in [7, 11) is 0. The number of nitrogens with zero attached hydrogens (tertiary/aromatic N) is 4. The molecule has 0 saturated carbocycles. The number of amides is 3. The molecule has 0 spiro atoms. The van der Waals surface area contributed by atoms with Crippen LogP contribution >= 0.6 is 11.8 Å². The van der Waals surface area contributed by atoms with E-state index in [9.17, 15) is 22.8 Å². The summed E-state index contributed by atoms with van der Waals surface area (Å²) in [6.45, 7) is 4.09. The third-order valence-corrected chi connectivity index (χ3v) is 4.11. The first kappa shape index (κ1) is 19.0. The van der Waals surface area contributed by atoms with Crippen LogP contribution in [0, 0.1) is 20.8 Å². The number of carbonyl (C=O) groups is 2. The fraction of sp³-hybridized carbons (Fsp3) is 0.462. The van der Waals surface area contributed by atoms with Crippen molar-refractivity contribution in [1.82, 2.24) is 30.2 Å². The van der Waals surface area contributed by atoms with Crippen LogP contribution in [0.1, 0.15) is 17.0 Å². The summed E-state index contributed by atoms with van der Waals surface area (Å²) in [6, 6.07) is -1.21. The number of alkyl halides is 3. The van der Waals surface area contributed by atoms with Gasteiger partial charge in [0.05, 0.1) is 5.75 Å². The number of urea groups is 1. The number of rotatable bonds is 4. The van der Waals surface area contributed by atoms with Gasteiger partial charge in [0.15, 0.2) is 0 Å². The number of aromatic nitrogens is 4. The maximum atomic E-state index is 12.0. The minimum absolute atomic E-state index is 0.229. The molecule has 2 aromatic rings.